The Kier molecular flexibility index (Phi) is 4.12. The topological polar surface area (TPSA) is 77.3 Å². The van der Waals surface area contributed by atoms with E-state index in [0.29, 0.717) is 25.9 Å². The summed E-state index contributed by atoms with van der Waals surface area (Å²) >= 11 is 0. The fourth-order valence-corrected chi connectivity index (χ4v) is 3.94. The first-order valence-corrected chi connectivity index (χ1v) is 8.55. The molecule has 8 heteroatoms. The van der Waals surface area contributed by atoms with E-state index < -0.39 is 10.0 Å². The summed E-state index contributed by atoms with van der Waals surface area (Å²) in [6, 6.07) is 3.61. The molecular formula is C14H18N4O3S. The van der Waals surface area contributed by atoms with Gasteiger partial charge in [-0.15, -0.1) is 0 Å². The molecule has 0 amide bonds. The van der Waals surface area contributed by atoms with Crippen molar-refractivity contribution in [3.63, 3.8) is 0 Å². The van der Waals surface area contributed by atoms with Gasteiger partial charge in [-0.25, -0.2) is 8.42 Å². The van der Waals surface area contributed by atoms with Gasteiger partial charge in [0.25, 0.3) is 0 Å². The Morgan fingerprint density at radius 2 is 1.91 bits per heavy atom. The zero-order valence-electron chi connectivity index (χ0n) is 12.3. The normalized spacial score (nSPS) is 17.5. The second kappa shape index (κ2) is 6.05. The van der Waals surface area contributed by atoms with E-state index in [1.54, 1.807) is 31.6 Å². The Labute approximate surface area is 129 Å². The maximum Gasteiger partial charge on any atom is 0.246 e. The van der Waals surface area contributed by atoms with Crippen molar-refractivity contribution >= 4 is 10.0 Å². The Balaban J connectivity index is 1.62. The van der Waals surface area contributed by atoms with Crippen molar-refractivity contribution in [3.8, 4) is 5.75 Å². The Hall–Kier alpha value is -1.93. The van der Waals surface area contributed by atoms with Crippen molar-refractivity contribution < 1.29 is 13.2 Å². The summed E-state index contributed by atoms with van der Waals surface area (Å²) in [5, 5.41) is 3.93. The van der Waals surface area contributed by atoms with Gasteiger partial charge < -0.3 is 4.74 Å². The average molecular weight is 322 g/mol. The van der Waals surface area contributed by atoms with Gasteiger partial charge in [0.2, 0.25) is 10.0 Å². The molecule has 0 bridgehead atoms. The third-order valence-electron chi connectivity index (χ3n) is 3.67. The number of hydrogen-bond acceptors (Lipinski definition) is 5. The average Bonchev–Trinajstić information content (AvgIpc) is 2.96. The minimum absolute atomic E-state index is 0.0303. The quantitative estimate of drug-likeness (QED) is 0.841. The SMILES string of the molecule is Cn1cc(S(=O)(=O)N2CCC(Oc3ccncc3)CC2)cn1. The first-order chi connectivity index (χ1) is 10.6. The summed E-state index contributed by atoms with van der Waals surface area (Å²) in [5.41, 5.74) is 0. The van der Waals surface area contributed by atoms with Gasteiger partial charge in [-0.05, 0) is 25.0 Å². The molecule has 1 aliphatic rings. The van der Waals surface area contributed by atoms with Crippen LogP contribution in [0.2, 0.25) is 0 Å². The molecule has 3 heterocycles. The van der Waals surface area contributed by atoms with Crippen LogP contribution in [0.5, 0.6) is 5.75 Å². The molecule has 22 heavy (non-hydrogen) atoms. The molecule has 0 unspecified atom stereocenters. The standard InChI is InChI=1S/C14H18N4O3S/c1-17-11-14(10-16-17)22(19,20)18-8-4-13(5-9-18)21-12-2-6-15-7-3-12/h2-3,6-7,10-11,13H,4-5,8-9H2,1H3. The molecule has 1 aliphatic heterocycles. The van der Waals surface area contributed by atoms with Gasteiger partial charge in [-0.1, -0.05) is 0 Å². The van der Waals surface area contributed by atoms with Crippen LogP contribution in [-0.2, 0) is 17.1 Å². The lowest BCUT2D eigenvalue weighted by atomic mass is 10.1. The molecule has 0 aliphatic carbocycles. The first-order valence-electron chi connectivity index (χ1n) is 7.11. The highest BCUT2D eigenvalue weighted by atomic mass is 32.2. The smallest absolute Gasteiger partial charge is 0.246 e. The molecule has 0 atom stereocenters. The van der Waals surface area contributed by atoms with Crippen LogP contribution in [0.1, 0.15) is 12.8 Å². The lowest BCUT2D eigenvalue weighted by molar-refractivity contribution is 0.135. The number of nitrogens with zero attached hydrogens (tertiary/aromatic N) is 4. The summed E-state index contributed by atoms with van der Waals surface area (Å²) in [7, 11) is -1.75. The summed E-state index contributed by atoms with van der Waals surface area (Å²) in [5.74, 6) is 0.767. The van der Waals surface area contributed by atoms with Crippen molar-refractivity contribution in [1.82, 2.24) is 19.1 Å². The van der Waals surface area contributed by atoms with Gasteiger partial charge in [0.05, 0.1) is 6.20 Å². The third kappa shape index (κ3) is 3.12. The molecule has 1 fully saturated rings. The molecule has 0 spiro atoms. The number of aryl methyl sites for hydroxylation is 1. The van der Waals surface area contributed by atoms with E-state index in [2.05, 4.69) is 10.1 Å². The molecule has 7 nitrogen and oxygen atoms in total. The molecule has 0 saturated carbocycles. The number of piperidine rings is 1. The van der Waals surface area contributed by atoms with Crippen LogP contribution in [0.25, 0.3) is 0 Å². The van der Waals surface area contributed by atoms with Gasteiger partial charge in [0, 0.05) is 38.7 Å². The molecule has 2 aromatic heterocycles. The monoisotopic (exact) mass is 322 g/mol. The highest BCUT2D eigenvalue weighted by Gasteiger charge is 2.30. The van der Waals surface area contributed by atoms with Crippen LogP contribution in [0.15, 0.2) is 41.8 Å². The van der Waals surface area contributed by atoms with Crippen LogP contribution in [-0.4, -0.2) is 46.7 Å². The van der Waals surface area contributed by atoms with Gasteiger partial charge in [0.15, 0.2) is 0 Å². The predicted octanol–water partition coefficient (Wildman–Crippen LogP) is 1.05. The largest absolute Gasteiger partial charge is 0.490 e. The van der Waals surface area contributed by atoms with E-state index in [1.165, 1.54) is 21.4 Å². The first kappa shape index (κ1) is 15.0. The van der Waals surface area contributed by atoms with Crippen LogP contribution < -0.4 is 4.74 Å². The van der Waals surface area contributed by atoms with Crippen LogP contribution in [0, 0.1) is 0 Å². The number of hydrogen-bond donors (Lipinski definition) is 0. The fraction of sp³-hybridized carbons (Fsp3) is 0.429. The molecule has 3 rings (SSSR count). The highest BCUT2D eigenvalue weighted by Crippen LogP contribution is 2.23. The maximum absolute atomic E-state index is 12.5. The number of rotatable bonds is 4. The summed E-state index contributed by atoms with van der Waals surface area (Å²) in [6.07, 6.45) is 7.63. The van der Waals surface area contributed by atoms with Crippen molar-refractivity contribution in [2.24, 2.45) is 7.05 Å². The van der Waals surface area contributed by atoms with Gasteiger partial charge in [-0.3, -0.25) is 9.67 Å². The van der Waals surface area contributed by atoms with Gasteiger partial charge >= 0.3 is 0 Å². The minimum atomic E-state index is -3.45. The second-order valence-corrected chi connectivity index (χ2v) is 7.19. The third-order valence-corrected chi connectivity index (χ3v) is 5.52. The van der Waals surface area contributed by atoms with E-state index in [4.69, 9.17) is 4.74 Å². The van der Waals surface area contributed by atoms with E-state index in [1.807, 2.05) is 0 Å². The van der Waals surface area contributed by atoms with Gasteiger partial charge in [0.1, 0.15) is 16.7 Å². The van der Waals surface area contributed by atoms with Crippen LogP contribution in [0.4, 0.5) is 0 Å². The molecule has 0 radical (unpaired) electrons. The Morgan fingerprint density at radius 3 is 2.50 bits per heavy atom. The molecule has 118 valence electrons. The van der Waals surface area contributed by atoms with Crippen LogP contribution in [0.3, 0.4) is 0 Å². The summed E-state index contributed by atoms with van der Waals surface area (Å²) < 4.78 is 33.8. The second-order valence-electron chi connectivity index (χ2n) is 5.25. The molecule has 0 N–H and O–H groups in total. The maximum atomic E-state index is 12.5. The Bertz CT molecular complexity index is 722. The number of aromatic nitrogens is 3. The minimum Gasteiger partial charge on any atom is -0.490 e. The molecule has 2 aromatic rings. The number of ether oxygens (including phenoxy) is 1. The lowest BCUT2D eigenvalue weighted by Gasteiger charge is -2.31. The predicted molar refractivity (Wildman–Crippen MR) is 79.9 cm³/mol. The van der Waals surface area contributed by atoms with Crippen molar-refractivity contribution in [2.75, 3.05) is 13.1 Å². The van der Waals surface area contributed by atoms with Gasteiger partial charge in [-0.2, -0.15) is 9.40 Å². The van der Waals surface area contributed by atoms with Crippen molar-refractivity contribution in [2.45, 2.75) is 23.8 Å². The molecule has 1 saturated heterocycles. The summed E-state index contributed by atoms with van der Waals surface area (Å²) in [4.78, 5) is 4.18. The zero-order chi connectivity index (χ0) is 15.6. The van der Waals surface area contributed by atoms with Crippen LogP contribution >= 0.6 is 0 Å². The zero-order valence-corrected chi connectivity index (χ0v) is 13.1. The Morgan fingerprint density at radius 1 is 1.23 bits per heavy atom. The molecule has 0 aromatic carbocycles. The highest BCUT2D eigenvalue weighted by molar-refractivity contribution is 7.89. The van der Waals surface area contributed by atoms with Crippen molar-refractivity contribution in [1.29, 1.82) is 0 Å². The van der Waals surface area contributed by atoms with E-state index >= 15 is 0 Å². The number of pyridine rings is 1. The van der Waals surface area contributed by atoms with E-state index in [0.717, 1.165) is 5.75 Å². The molecular weight excluding hydrogens is 304 g/mol. The van der Waals surface area contributed by atoms with Crippen molar-refractivity contribution in [3.05, 3.63) is 36.9 Å². The van der Waals surface area contributed by atoms with E-state index in [9.17, 15) is 8.42 Å². The fourth-order valence-electron chi connectivity index (χ4n) is 2.48. The summed E-state index contributed by atoms with van der Waals surface area (Å²) in [6.45, 7) is 0.903. The van der Waals surface area contributed by atoms with E-state index in [-0.39, 0.29) is 11.0 Å². The lowest BCUT2D eigenvalue weighted by Crippen LogP contribution is -2.41. The number of sulfonamides is 1.